The zero-order chi connectivity index (χ0) is 18.8. The van der Waals surface area contributed by atoms with Gasteiger partial charge in [-0.15, -0.1) is 0 Å². The molecular weight excluding hydrogens is 416 g/mol. The minimum absolute atomic E-state index is 0.0480. The average molecular weight is 429 g/mol. The van der Waals surface area contributed by atoms with Crippen molar-refractivity contribution in [1.82, 2.24) is 4.83 Å². The van der Waals surface area contributed by atoms with Crippen molar-refractivity contribution in [1.29, 1.82) is 0 Å². The second-order valence-electron chi connectivity index (χ2n) is 4.95. The van der Waals surface area contributed by atoms with Crippen LogP contribution in [0.25, 0.3) is 0 Å². The van der Waals surface area contributed by atoms with Crippen LogP contribution in [-0.4, -0.2) is 35.4 Å². The zero-order valence-corrected chi connectivity index (χ0v) is 15.2. The summed E-state index contributed by atoms with van der Waals surface area (Å²) in [5.41, 5.74) is 0.198. The van der Waals surface area contributed by atoms with E-state index in [1.807, 2.05) is 4.83 Å². The summed E-state index contributed by atoms with van der Waals surface area (Å²) in [6.07, 6.45) is 0. The van der Waals surface area contributed by atoms with Crippen molar-refractivity contribution in [3.8, 4) is 11.5 Å². The van der Waals surface area contributed by atoms with Crippen LogP contribution in [-0.2, 0) is 10.0 Å². The first-order valence-electron chi connectivity index (χ1n) is 6.73. The van der Waals surface area contributed by atoms with E-state index >= 15 is 0 Å². The number of aromatic hydroxyl groups is 2. The first-order chi connectivity index (χ1) is 11.6. The van der Waals surface area contributed by atoms with Gasteiger partial charge < -0.3 is 15.3 Å². The Bertz CT molecular complexity index is 955. The van der Waals surface area contributed by atoms with Crippen molar-refractivity contribution >= 4 is 37.6 Å². The van der Waals surface area contributed by atoms with Crippen molar-refractivity contribution in [3.05, 3.63) is 52.0 Å². The maximum Gasteiger partial charge on any atom is 0.335 e. The Kier molecular flexibility index (Phi) is 5.33. The summed E-state index contributed by atoms with van der Waals surface area (Å²) < 4.78 is 24.6. The number of hydrogen-bond donors (Lipinski definition) is 4. The van der Waals surface area contributed by atoms with Crippen molar-refractivity contribution < 1.29 is 28.5 Å². The minimum Gasteiger partial charge on any atom is -0.508 e. The molecule has 0 aliphatic rings. The third-order valence-corrected chi connectivity index (χ3v) is 5.01. The van der Waals surface area contributed by atoms with Gasteiger partial charge in [-0.2, -0.15) is 18.4 Å². The zero-order valence-electron chi connectivity index (χ0n) is 12.8. The minimum atomic E-state index is -4.03. The number of carboxylic acid groups (broad SMARTS) is 1. The summed E-state index contributed by atoms with van der Waals surface area (Å²) >= 11 is 3.06. The van der Waals surface area contributed by atoms with Crippen molar-refractivity contribution in [3.63, 3.8) is 0 Å². The number of aromatic carboxylic acids is 1. The van der Waals surface area contributed by atoms with Crippen LogP contribution < -0.4 is 4.83 Å². The standard InChI is InChI=1S/C15H13BrN2O6S/c1-8(12-6-10(19)7-13(16)14(12)20)17-18-25(23,24)11-4-2-9(3-5-11)15(21)22/h2-7,18-20H,1H3,(H,21,22)/b17-8+. The third kappa shape index (κ3) is 4.28. The van der Waals surface area contributed by atoms with E-state index in [0.717, 1.165) is 24.3 Å². The molecular formula is C15H13BrN2O6S. The average Bonchev–Trinajstić information content (AvgIpc) is 2.56. The summed E-state index contributed by atoms with van der Waals surface area (Å²) in [5.74, 6) is -1.51. The van der Waals surface area contributed by atoms with Crippen LogP contribution in [0.3, 0.4) is 0 Å². The Labute approximate surface area is 151 Å². The monoisotopic (exact) mass is 428 g/mol. The number of hydrogen-bond acceptors (Lipinski definition) is 6. The van der Waals surface area contributed by atoms with Crippen LogP contribution in [0.5, 0.6) is 11.5 Å². The molecule has 10 heteroatoms. The summed E-state index contributed by atoms with van der Waals surface area (Å²) in [6.45, 7) is 1.44. The molecule has 132 valence electrons. The van der Waals surface area contributed by atoms with Crippen LogP contribution in [0.4, 0.5) is 0 Å². The lowest BCUT2D eigenvalue weighted by Crippen LogP contribution is -2.20. The van der Waals surface area contributed by atoms with E-state index in [2.05, 4.69) is 21.0 Å². The van der Waals surface area contributed by atoms with Gasteiger partial charge in [-0.1, -0.05) is 0 Å². The normalized spacial score (nSPS) is 12.0. The highest BCUT2D eigenvalue weighted by Crippen LogP contribution is 2.32. The van der Waals surface area contributed by atoms with Gasteiger partial charge in [0.2, 0.25) is 0 Å². The molecule has 0 radical (unpaired) electrons. The number of nitrogens with one attached hydrogen (secondary N) is 1. The summed E-state index contributed by atoms with van der Waals surface area (Å²) in [4.78, 5) is 12.6. The third-order valence-electron chi connectivity index (χ3n) is 3.18. The first kappa shape index (κ1) is 18.7. The summed E-state index contributed by atoms with van der Waals surface area (Å²) in [6, 6.07) is 7.10. The summed E-state index contributed by atoms with van der Waals surface area (Å²) in [7, 11) is -4.03. The number of hydrazone groups is 1. The molecule has 8 nitrogen and oxygen atoms in total. The van der Waals surface area contributed by atoms with E-state index in [1.54, 1.807) is 0 Å². The predicted molar refractivity (Wildman–Crippen MR) is 93.4 cm³/mol. The smallest absolute Gasteiger partial charge is 0.335 e. The van der Waals surface area contributed by atoms with Gasteiger partial charge in [0.05, 0.1) is 20.6 Å². The lowest BCUT2D eigenvalue weighted by atomic mass is 10.1. The van der Waals surface area contributed by atoms with Gasteiger partial charge in [0.15, 0.2) is 0 Å². The molecule has 0 spiro atoms. The molecule has 0 unspecified atom stereocenters. The fourth-order valence-electron chi connectivity index (χ4n) is 1.88. The first-order valence-corrected chi connectivity index (χ1v) is 9.00. The van der Waals surface area contributed by atoms with E-state index in [-0.39, 0.29) is 37.7 Å². The number of carboxylic acids is 1. The lowest BCUT2D eigenvalue weighted by Gasteiger charge is -2.08. The van der Waals surface area contributed by atoms with Gasteiger partial charge in [0, 0.05) is 5.56 Å². The van der Waals surface area contributed by atoms with E-state index in [1.165, 1.54) is 19.1 Å². The predicted octanol–water partition coefficient (Wildman–Crippen LogP) is 2.26. The number of rotatable bonds is 5. The van der Waals surface area contributed by atoms with Gasteiger partial charge in [-0.3, -0.25) is 0 Å². The second-order valence-corrected chi connectivity index (χ2v) is 7.46. The fourth-order valence-corrected chi connectivity index (χ4v) is 3.18. The molecule has 0 saturated carbocycles. The highest BCUT2D eigenvalue weighted by atomic mass is 79.9. The fraction of sp³-hybridized carbons (Fsp3) is 0.0667. The quantitative estimate of drug-likeness (QED) is 0.327. The van der Waals surface area contributed by atoms with Crippen LogP contribution in [0.2, 0.25) is 0 Å². The van der Waals surface area contributed by atoms with E-state index in [0.29, 0.717) is 0 Å². The van der Waals surface area contributed by atoms with Crippen LogP contribution >= 0.6 is 15.9 Å². The van der Waals surface area contributed by atoms with Crippen molar-refractivity contribution in [2.45, 2.75) is 11.8 Å². The number of phenols is 2. The van der Waals surface area contributed by atoms with Gasteiger partial charge in [-0.05, 0) is 59.3 Å². The molecule has 0 aliphatic carbocycles. The molecule has 0 heterocycles. The second kappa shape index (κ2) is 7.11. The van der Waals surface area contributed by atoms with Gasteiger partial charge in [0.25, 0.3) is 10.0 Å². The molecule has 0 atom stereocenters. The van der Waals surface area contributed by atoms with E-state index < -0.39 is 16.0 Å². The molecule has 2 aromatic rings. The Balaban J connectivity index is 2.29. The maximum absolute atomic E-state index is 12.2. The number of phenolic OH excluding ortho intramolecular Hbond substituents is 2. The van der Waals surface area contributed by atoms with Crippen molar-refractivity contribution in [2.24, 2.45) is 5.10 Å². The molecule has 0 aromatic heterocycles. The Hall–Kier alpha value is -2.59. The SMILES string of the molecule is C/C(=N\NS(=O)(=O)c1ccc(C(=O)O)cc1)c1cc(O)cc(Br)c1O. The molecule has 4 N–H and O–H groups in total. The Morgan fingerprint density at radius 1 is 1.16 bits per heavy atom. The molecule has 0 bridgehead atoms. The Morgan fingerprint density at radius 2 is 1.76 bits per heavy atom. The molecule has 0 amide bonds. The molecule has 0 saturated heterocycles. The maximum atomic E-state index is 12.2. The number of carbonyl (C=O) groups is 1. The van der Waals surface area contributed by atoms with E-state index in [4.69, 9.17) is 5.11 Å². The van der Waals surface area contributed by atoms with Gasteiger partial charge in [-0.25, -0.2) is 4.79 Å². The summed E-state index contributed by atoms with van der Waals surface area (Å²) in [5, 5.41) is 32.0. The molecule has 2 aromatic carbocycles. The van der Waals surface area contributed by atoms with Crippen LogP contribution in [0.1, 0.15) is 22.8 Å². The topological polar surface area (TPSA) is 136 Å². The number of halogens is 1. The number of nitrogens with zero attached hydrogens (tertiary/aromatic N) is 1. The van der Waals surface area contributed by atoms with E-state index in [9.17, 15) is 23.4 Å². The molecule has 0 fully saturated rings. The largest absolute Gasteiger partial charge is 0.508 e. The van der Waals surface area contributed by atoms with Gasteiger partial charge in [0.1, 0.15) is 11.5 Å². The van der Waals surface area contributed by atoms with Crippen LogP contribution in [0, 0.1) is 0 Å². The molecule has 25 heavy (non-hydrogen) atoms. The highest BCUT2D eigenvalue weighted by molar-refractivity contribution is 9.10. The lowest BCUT2D eigenvalue weighted by molar-refractivity contribution is 0.0696. The van der Waals surface area contributed by atoms with Gasteiger partial charge >= 0.3 is 5.97 Å². The highest BCUT2D eigenvalue weighted by Gasteiger charge is 2.16. The van der Waals surface area contributed by atoms with Crippen LogP contribution in [0.15, 0.2) is 50.9 Å². The molecule has 0 aliphatic heterocycles. The van der Waals surface area contributed by atoms with Crippen molar-refractivity contribution in [2.75, 3.05) is 0 Å². The molecule has 2 rings (SSSR count). The number of benzene rings is 2. The Morgan fingerprint density at radius 3 is 2.32 bits per heavy atom. The number of sulfonamides is 1.